The van der Waals surface area contributed by atoms with Crippen LogP contribution in [0.25, 0.3) is 0 Å². The van der Waals surface area contributed by atoms with Crippen molar-refractivity contribution < 1.29 is 0 Å². The Bertz CT molecular complexity index is 482. The molecular weight excluding hydrogens is 222 g/mol. The molecule has 1 aromatic heterocycles. The number of hydrogen-bond acceptors (Lipinski definition) is 3. The average molecular weight is 241 g/mol. The molecule has 3 nitrogen and oxygen atoms in total. The van der Waals surface area contributed by atoms with E-state index in [0.29, 0.717) is 0 Å². The third kappa shape index (κ3) is 2.93. The Labute approximate surface area is 108 Å². The fraction of sp³-hybridized carbons (Fsp3) is 0.333. The second-order valence-corrected chi connectivity index (χ2v) is 4.37. The summed E-state index contributed by atoms with van der Waals surface area (Å²) in [5.74, 6) is 0. The van der Waals surface area contributed by atoms with E-state index in [-0.39, 0.29) is 6.04 Å². The van der Waals surface area contributed by atoms with Crippen LogP contribution in [-0.4, -0.2) is 16.5 Å². The van der Waals surface area contributed by atoms with Crippen LogP contribution in [0.1, 0.15) is 36.2 Å². The highest BCUT2D eigenvalue weighted by molar-refractivity contribution is 5.33. The molecule has 0 amide bonds. The summed E-state index contributed by atoms with van der Waals surface area (Å²) in [5.41, 5.74) is 3.52. The second kappa shape index (κ2) is 6.26. The number of benzene rings is 1. The van der Waals surface area contributed by atoms with Gasteiger partial charge in [-0.1, -0.05) is 31.2 Å². The molecule has 3 heteroatoms. The maximum atomic E-state index is 4.42. The Kier molecular flexibility index (Phi) is 4.42. The molecule has 2 rings (SSSR count). The summed E-state index contributed by atoms with van der Waals surface area (Å²) in [7, 11) is 0. The van der Waals surface area contributed by atoms with Gasteiger partial charge in [-0.3, -0.25) is 9.97 Å². The van der Waals surface area contributed by atoms with Crippen LogP contribution in [0.2, 0.25) is 0 Å². The number of rotatable bonds is 5. The van der Waals surface area contributed by atoms with Gasteiger partial charge in [0.1, 0.15) is 0 Å². The first-order valence-corrected chi connectivity index (χ1v) is 6.37. The lowest BCUT2D eigenvalue weighted by Crippen LogP contribution is -2.24. The molecule has 1 aromatic carbocycles. The molecule has 2 aromatic rings. The molecule has 1 atom stereocenters. The maximum Gasteiger partial charge on any atom is 0.0801 e. The van der Waals surface area contributed by atoms with Crippen molar-refractivity contribution >= 4 is 0 Å². The first-order valence-electron chi connectivity index (χ1n) is 6.37. The fourth-order valence-electron chi connectivity index (χ4n) is 2.03. The largest absolute Gasteiger partial charge is 0.305 e. The summed E-state index contributed by atoms with van der Waals surface area (Å²) in [6.07, 6.45) is 6.38. The van der Waals surface area contributed by atoms with E-state index in [1.54, 1.807) is 12.4 Å². The quantitative estimate of drug-likeness (QED) is 0.874. The lowest BCUT2D eigenvalue weighted by molar-refractivity contribution is 0.582. The predicted octanol–water partition coefficient (Wildman–Crippen LogP) is 2.87. The molecule has 1 unspecified atom stereocenters. The standard InChI is InChI=1S/C15H19N3/c1-3-8-18-15(14-11-16-9-10-17-14)13-7-5-4-6-12(13)2/h4-7,9-11,15,18H,3,8H2,1-2H3. The van der Waals surface area contributed by atoms with Gasteiger partial charge < -0.3 is 5.32 Å². The Hall–Kier alpha value is -1.74. The molecule has 0 saturated carbocycles. The lowest BCUT2D eigenvalue weighted by atomic mass is 9.99. The van der Waals surface area contributed by atoms with E-state index in [9.17, 15) is 0 Å². The Morgan fingerprint density at radius 2 is 2.06 bits per heavy atom. The molecule has 0 saturated heterocycles. The third-order valence-corrected chi connectivity index (χ3v) is 2.98. The molecule has 1 N–H and O–H groups in total. The Morgan fingerprint density at radius 3 is 2.72 bits per heavy atom. The zero-order valence-electron chi connectivity index (χ0n) is 10.9. The summed E-state index contributed by atoms with van der Waals surface area (Å²) < 4.78 is 0. The van der Waals surface area contributed by atoms with Gasteiger partial charge in [0.05, 0.1) is 17.9 Å². The van der Waals surface area contributed by atoms with Gasteiger partial charge in [-0.15, -0.1) is 0 Å². The normalized spacial score (nSPS) is 12.3. The van der Waals surface area contributed by atoms with E-state index in [0.717, 1.165) is 18.7 Å². The smallest absolute Gasteiger partial charge is 0.0801 e. The van der Waals surface area contributed by atoms with Gasteiger partial charge in [0.25, 0.3) is 0 Å². The van der Waals surface area contributed by atoms with E-state index in [1.807, 2.05) is 6.20 Å². The van der Waals surface area contributed by atoms with Gasteiger partial charge in [-0.25, -0.2) is 0 Å². The third-order valence-electron chi connectivity index (χ3n) is 2.98. The van der Waals surface area contributed by atoms with Crippen molar-refractivity contribution in [3.8, 4) is 0 Å². The predicted molar refractivity (Wildman–Crippen MR) is 73.3 cm³/mol. The van der Waals surface area contributed by atoms with Crippen molar-refractivity contribution in [2.24, 2.45) is 0 Å². The molecule has 0 aliphatic carbocycles. The van der Waals surface area contributed by atoms with Crippen molar-refractivity contribution in [3.63, 3.8) is 0 Å². The van der Waals surface area contributed by atoms with Crippen molar-refractivity contribution in [1.29, 1.82) is 0 Å². The number of aromatic nitrogens is 2. The number of nitrogens with zero attached hydrogens (tertiary/aromatic N) is 2. The second-order valence-electron chi connectivity index (χ2n) is 4.37. The van der Waals surface area contributed by atoms with Crippen molar-refractivity contribution in [1.82, 2.24) is 15.3 Å². The van der Waals surface area contributed by atoms with Crippen LogP contribution in [0.15, 0.2) is 42.9 Å². The van der Waals surface area contributed by atoms with Crippen molar-refractivity contribution in [2.45, 2.75) is 26.3 Å². The van der Waals surface area contributed by atoms with Crippen LogP contribution >= 0.6 is 0 Å². The summed E-state index contributed by atoms with van der Waals surface area (Å²) in [5, 5.41) is 3.54. The highest BCUT2D eigenvalue weighted by Gasteiger charge is 2.16. The Balaban J connectivity index is 2.34. The van der Waals surface area contributed by atoms with Crippen molar-refractivity contribution in [2.75, 3.05) is 6.54 Å². The van der Waals surface area contributed by atoms with Crippen LogP contribution in [0.4, 0.5) is 0 Å². The van der Waals surface area contributed by atoms with Crippen LogP contribution in [0, 0.1) is 6.92 Å². The molecule has 0 bridgehead atoms. The maximum absolute atomic E-state index is 4.42. The summed E-state index contributed by atoms with van der Waals surface area (Å²) in [6, 6.07) is 8.54. The zero-order chi connectivity index (χ0) is 12.8. The number of hydrogen-bond donors (Lipinski definition) is 1. The van der Waals surface area contributed by atoms with Crippen LogP contribution in [0.3, 0.4) is 0 Å². The van der Waals surface area contributed by atoms with E-state index < -0.39 is 0 Å². The molecule has 0 aliphatic rings. The molecule has 0 spiro atoms. The van der Waals surface area contributed by atoms with Crippen LogP contribution in [0.5, 0.6) is 0 Å². The molecule has 18 heavy (non-hydrogen) atoms. The number of aryl methyl sites for hydroxylation is 1. The van der Waals surface area contributed by atoms with Gasteiger partial charge in [0.15, 0.2) is 0 Å². The minimum Gasteiger partial charge on any atom is -0.305 e. The monoisotopic (exact) mass is 241 g/mol. The van der Waals surface area contributed by atoms with E-state index in [4.69, 9.17) is 0 Å². The van der Waals surface area contributed by atoms with Gasteiger partial charge in [-0.2, -0.15) is 0 Å². The van der Waals surface area contributed by atoms with E-state index >= 15 is 0 Å². The minimum atomic E-state index is 0.125. The van der Waals surface area contributed by atoms with Gasteiger partial charge in [-0.05, 0) is 31.0 Å². The highest BCUT2D eigenvalue weighted by atomic mass is 14.9. The van der Waals surface area contributed by atoms with Gasteiger partial charge in [0, 0.05) is 12.4 Å². The molecule has 1 heterocycles. The molecule has 0 radical (unpaired) electrons. The molecule has 94 valence electrons. The van der Waals surface area contributed by atoms with Crippen molar-refractivity contribution in [3.05, 3.63) is 59.7 Å². The van der Waals surface area contributed by atoms with E-state index in [2.05, 4.69) is 53.4 Å². The minimum absolute atomic E-state index is 0.125. The number of nitrogens with one attached hydrogen (secondary N) is 1. The zero-order valence-corrected chi connectivity index (χ0v) is 10.9. The summed E-state index contributed by atoms with van der Waals surface area (Å²) in [6.45, 7) is 5.26. The first kappa shape index (κ1) is 12.7. The lowest BCUT2D eigenvalue weighted by Gasteiger charge is -2.20. The van der Waals surface area contributed by atoms with Gasteiger partial charge >= 0.3 is 0 Å². The van der Waals surface area contributed by atoms with Crippen LogP contribution in [-0.2, 0) is 0 Å². The highest BCUT2D eigenvalue weighted by Crippen LogP contribution is 2.22. The van der Waals surface area contributed by atoms with E-state index in [1.165, 1.54) is 11.1 Å². The van der Waals surface area contributed by atoms with Gasteiger partial charge in [0.2, 0.25) is 0 Å². The first-order chi connectivity index (χ1) is 8.83. The fourth-order valence-corrected chi connectivity index (χ4v) is 2.03. The molecule has 0 fully saturated rings. The topological polar surface area (TPSA) is 37.8 Å². The molecular formula is C15H19N3. The summed E-state index contributed by atoms with van der Waals surface area (Å²) in [4.78, 5) is 8.59. The van der Waals surface area contributed by atoms with Crippen LogP contribution < -0.4 is 5.32 Å². The SMILES string of the molecule is CCCNC(c1cnccn1)c1ccccc1C. The Morgan fingerprint density at radius 1 is 1.22 bits per heavy atom. The average Bonchev–Trinajstić information content (AvgIpc) is 2.42. The molecule has 0 aliphatic heterocycles. The summed E-state index contributed by atoms with van der Waals surface area (Å²) >= 11 is 0.